The number of esters is 1. The lowest BCUT2D eigenvalue weighted by Gasteiger charge is -2.42. The summed E-state index contributed by atoms with van der Waals surface area (Å²) in [6.45, 7) is 7.02. The SMILES string of the molecule is COc1cc2cc(c1Cl)N(C)C(=O)CC(OC(=O)[C@@H](C)N(C)C(=O)CCSSC)C1(C)OC1C(C)C1CC(O)(NC(=O)O1)C(OC)/C=C/C=C(\C)C2. The molecule has 0 aromatic heterocycles. The van der Waals surface area contributed by atoms with Crippen molar-refractivity contribution in [2.45, 2.75) is 95.2 Å². The number of carbonyl (C=O) groups is 4. The number of hydrogen-bond acceptors (Lipinski definition) is 12. The van der Waals surface area contributed by atoms with Crippen LogP contribution >= 0.6 is 33.2 Å². The molecule has 4 bridgehead atoms. The number of methoxy groups -OCH3 is 2. The zero-order chi connectivity index (χ0) is 38.5. The molecular weight excluding hydrogens is 734 g/mol. The number of nitrogens with zero attached hydrogens (tertiary/aromatic N) is 2. The van der Waals surface area contributed by atoms with Gasteiger partial charge in [-0.3, -0.25) is 14.9 Å². The van der Waals surface area contributed by atoms with Gasteiger partial charge in [-0.1, -0.05) is 63.9 Å². The second kappa shape index (κ2) is 17.5. The van der Waals surface area contributed by atoms with Gasteiger partial charge in [0.05, 0.1) is 25.3 Å². The molecule has 2 saturated heterocycles. The van der Waals surface area contributed by atoms with Crippen molar-refractivity contribution in [1.29, 1.82) is 0 Å². The van der Waals surface area contributed by atoms with E-state index in [2.05, 4.69) is 5.32 Å². The molecule has 1 aromatic carbocycles. The fraction of sp³-hybridized carbons (Fsp3) is 0.611. The Balaban J connectivity index is 1.74. The number of allylic oxidation sites excluding steroid dienone is 3. The summed E-state index contributed by atoms with van der Waals surface area (Å²) in [6.07, 6.45) is 3.17. The highest BCUT2D eigenvalue weighted by molar-refractivity contribution is 8.76. The fourth-order valence-corrected chi connectivity index (χ4v) is 8.09. The number of fused-ring (bicyclic) bond motifs is 5. The van der Waals surface area contributed by atoms with E-state index in [1.54, 1.807) is 73.7 Å². The molecule has 16 heteroatoms. The molecule has 52 heavy (non-hydrogen) atoms. The van der Waals surface area contributed by atoms with Crippen LogP contribution in [0.4, 0.5) is 10.5 Å². The molecule has 3 aliphatic heterocycles. The number of benzene rings is 1. The Labute approximate surface area is 318 Å². The number of epoxide rings is 1. The van der Waals surface area contributed by atoms with Gasteiger partial charge >= 0.3 is 12.1 Å². The fourth-order valence-electron chi connectivity index (χ4n) is 6.61. The summed E-state index contributed by atoms with van der Waals surface area (Å²) in [7, 11) is 9.14. The van der Waals surface area contributed by atoms with E-state index >= 15 is 0 Å². The first-order valence-electron chi connectivity index (χ1n) is 17.0. The molecule has 0 aliphatic carbocycles. The van der Waals surface area contributed by atoms with Gasteiger partial charge in [-0.05, 0) is 51.1 Å². The van der Waals surface area contributed by atoms with Gasteiger partial charge in [0, 0.05) is 45.7 Å². The number of nitrogens with one attached hydrogen (secondary N) is 1. The average molecular weight is 784 g/mol. The Morgan fingerprint density at radius 1 is 1.27 bits per heavy atom. The third kappa shape index (κ3) is 9.40. The first-order valence-corrected chi connectivity index (χ1v) is 20.1. The van der Waals surface area contributed by atoms with Crippen molar-refractivity contribution in [3.05, 3.63) is 46.5 Å². The smallest absolute Gasteiger partial charge is 0.409 e. The first kappa shape index (κ1) is 41.8. The highest BCUT2D eigenvalue weighted by Gasteiger charge is 2.64. The zero-order valence-electron chi connectivity index (χ0n) is 31.1. The van der Waals surface area contributed by atoms with Crippen LogP contribution in [0.15, 0.2) is 35.9 Å². The van der Waals surface area contributed by atoms with Gasteiger partial charge in [0.15, 0.2) is 5.72 Å². The van der Waals surface area contributed by atoms with Crippen molar-refractivity contribution >= 4 is 62.8 Å². The minimum absolute atomic E-state index is 0.0452. The molecule has 2 fully saturated rings. The summed E-state index contributed by atoms with van der Waals surface area (Å²) < 4.78 is 29.2. The maximum absolute atomic E-state index is 14.1. The molecule has 1 aromatic rings. The topological polar surface area (TPSA) is 156 Å². The van der Waals surface area contributed by atoms with Gasteiger partial charge in [-0.25, -0.2) is 9.59 Å². The third-order valence-electron chi connectivity index (χ3n) is 10.0. The number of anilines is 1. The molecule has 8 atom stereocenters. The summed E-state index contributed by atoms with van der Waals surface area (Å²) in [5.41, 5.74) is -0.884. The monoisotopic (exact) mass is 783 g/mol. The highest BCUT2D eigenvalue weighted by atomic mass is 35.5. The summed E-state index contributed by atoms with van der Waals surface area (Å²) >= 11 is 6.75. The van der Waals surface area contributed by atoms with Crippen LogP contribution in [-0.2, 0) is 39.8 Å². The molecule has 3 amide bonds. The molecule has 0 radical (unpaired) electrons. The molecule has 0 spiro atoms. The number of alkyl carbamates (subject to hydrolysis) is 1. The third-order valence-corrected chi connectivity index (χ3v) is 12.2. The molecular formula is C36H50ClN3O10S2. The molecule has 288 valence electrons. The predicted octanol–water partition coefficient (Wildman–Crippen LogP) is 4.92. The normalized spacial score (nSPS) is 31.6. The van der Waals surface area contributed by atoms with E-state index in [9.17, 15) is 24.3 Å². The lowest BCUT2D eigenvalue weighted by Crippen LogP contribution is -2.63. The van der Waals surface area contributed by atoms with Crippen molar-refractivity contribution in [3.8, 4) is 5.75 Å². The van der Waals surface area contributed by atoms with Gasteiger partial charge < -0.3 is 38.6 Å². The number of halogens is 1. The van der Waals surface area contributed by atoms with E-state index in [0.29, 0.717) is 23.6 Å². The van der Waals surface area contributed by atoms with Crippen LogP contribution in [0.2, 0.25) is 5.02 Å². The Morgan fingerprint density at radius 2 is 1.98 bits per heavy atom. The second-order valence-corrected chi connectivity index (χ2v) is 16.7. The van der Waals surface area contributed by atoms with Crippen molar-refractivity contribution in [1.82, 2.24) is 10.2 Å². The number of amides is 3. The van der Waals surface area contributed by atoms with Crippen molar-refractivity contribution < 1.29 is 48.0 Å². The predicted molar refractivity (Wildman–Crippen MR) is 202 cm³/mol. The van der Waals surface area contributed by atoms with Crippen LogP contribution in [0.1, 0.15) is 52.5 Å². The van der Waals surface area contributed by atoms with Crippen LogP contribution < -0.4 is 15.0 Å². The molecule has 4 rings (SSSR count). The molecule has 7 unspecified atom stereocenters. The highest BCUT2D eigenvalue weighted by Crippen LogP contribution is 2.49. The summed E-state index contributed by atoms with van der Waals surface area (Å²) in [5, 5.41) is 14.5. The zero-order valence-corrected chi connectivity index (χ0v) is 33.5. The molecule has 13 nitrogen and oxygen atoms in total. The second-order valence-electron chi connectivity index (χ2n) is 13.6. The number of likely N-dealkylation sites (N-methyl/N-ethyl adjacent to an activating group) is 1. The lowest BCUT2D eigenvalue weighted by molar-refractivity contribution is -0.161. The standard InChI is InChI=1S/C36H50ClN3O10S2/c1-20-11-10-12-27(47-8)36(45)19-26(48-34(44)38-36)21(2)32-35(4,50-32)28(49-33(43)22(3)39(5)29(41)13-14-52-51-9)18-30(42)40(6)24-16-23(15-20)17-25(46-7)31(24)37/h10-12,16-17,21-22,26-28,32,45H,13-15,18-19H2,1-9H3,(H,38,44)/b12-10+,20-11+/t21?,22-,26?,27?,28?,32?,35?,36?/m1/s1. The Morgan fingerprint density at radius 3 is 2.63 bits per heavy atom. The number of rotatable bonds is 9. The minimum atomic E-state index is -1.82. The number of ether oxygens (including phenoxy) is 5. The number of hydrogen-bond donors (Lipinski definition) is 2. The molecule has 3 heterocycles. The van der Waals surface area contributed by atoms with Gasteiger partial charge in [-0.2, -0.15) is 0 Å². The summed E-state index contributed by atoms with van der Waals surface area (Å²) in [4.78, 5) is 56.2. The average Bonchev–Trinajstić information content (AvgIpc) is 3.80. The first-order chi connectivity index (χ1) is 24.5. The Kier molecular flexibility index (Phi) is 14.0. The van der Waals surface area contributed by atoms with E-state index in [4.69, 9.17) is 35.3 Å². The lowest BCUT2D eigenvalue weighted by atomic mass is 9.83. The maximum Gasteiger partial charge on any atom is 0.409 e. The Hall–Kier alpha value is -2.95. The van der Waals surface area contributed by atoms with Crippen molar-refractivity contribution in [2.24, 2.45) is 5.92 Å². The Bertz CT molecular complexity index is 1580. The van der Waals surface area contributed by atoms with E-state index in [-0.39, 0.29) is 30.2 Å². The molecule has 0 saturated carbocycles. The van der Waals surface area contributed by atoms with E-state index in [0.717, 1.165) is 11.1 Å². The van der Waals surface area contributed by atoms with Gasteiger partial charge in [0.25, 0.3) is 0 Å². The van der Waals surface area contributed by atoms with Gasteiger partial charge in [-0.15, -0.1) is 0 Å². The number of aliphatic hydroxyl groups is 1. The molecule has 3 aliphatic rings. The van der Waals surface area contributed by atoms with Crippen LogP contribution in [0.25, 0.3) is 0 Å². The summed E-state index contributed by atoms with van der Waals surface area (Å²) in [6, 6.07) is 2.63. The van der Waals surface area contributed by atoms with Crippen LogP contribution in [0.3, 0.4) is 0 Å². The summed E-state index contributed by atoms with van der Waals surface area (Å²) in [5.74, 6) is -0.916. The van der Waals surface area contributed by atoms with Crippen LogP contribution in [0, 0.1) is 5.92 Å². The van der Waals surface area contributed by atoms with Gasteiger partial charge in [0.1, 0.15) is 40.7 Å². The van der Waals surface area contributed by atoms with Crippen LogP contribution in [-0.4, -0.2) is 116 Å². The van der Waals surface area contributed by atoms with Crippen molar-refractivity contribution in [3.63, 3.8) is 0 Å². The van der Waals surface area contributed by atoms with Crippen LogP contribution in [0.5, 0.6) is 5.75 Å². The van der Waals surface area contributed by atoms with E-state index in [1.165, 1.54) is 31.1 Å². The maximum atomic E-state index is 14.1. The number of carbonyl (C=O) groups excluding carboxylic acids is 4. The quantitative estimate of drug-likeness (QED) is 0.151. The van der Waals surface area contributed by atoms with E-state index < -0.39 is 65.7 Å². The van der Waals surface area contributed by atoms with Gasteiger partial charge in [0.2, 0.25) is 11.8 Å². The van der Waals surface area contributed by atoms with E-state index in [1.807, 2.05) is 19.3 Å². The largest absolute Gasteiger partial charge is 0.495 e. The minimum Gasteiger partial charge on any atom is -0.495 e. The molecule has 2 N–H and O–H groups in total. The van der Waals surface area contributed by atoms with Crippen molar-refractivity contribution in [2.75, 3.05) is 45.2 Å².